The van der Waals surface area contributed by atoms with E-state index in [-0.39, 0.29) is 11.2 Å². The quantitative estimate of drug-likeness (QED) is 0.594. The third kappa shape index (κ3) is 4.29. The van der Waals surface area contributed by atoms with Crippen LogP contribution in [-0.4, -0.2) is 37.5 Å². The summed E-state index contributed by atoms with van der Waals surface area (Å²) in [6.45, 7) is 10.2. The molecule has 0 aliphatic rings. The summed E-state index contributed by atoms with van der Waals surface area (Å²) in [5.41, 5.74) is 0.873. The average Bonchev–Trinajstić information content (AvgIpc) is 2.96. The second-order valence-electron chi connectivity index (χ2n) is 4.74. The van der Waals surface area contributed by atoms with Gasteiger partial charge in [0.1, 0.15) is 0 Å². The van der Waals surface area contributed by atoms with Crippen LogP contribution in [0.15, 0.2) is 55.0 Å². The lowest BCUT2D eigenvalue weighted by atomic mass is 10.3. The Balaban J connectivity index is 2.22. The summed E-state index contributed by atoms with van der Waals surface area (Å²) in [4.78, 5) is 16.1. The summed E-state index contributed by atoms with van der Waals surface area (Å²) < 4.78 is 1.92. The van der Waals surface area contributed by atoms with Gasteiger partial charge in [-0.15, -0.1) is 23.4 Å². The first-order chi connectivity index (χ1) is 11.2. The minimum atomic E-state index is -0.288. The second-order valence-corrected chi connectivity index (χ2v) is 6.05. The van der Waals surface area contributed by atoms with E-state index in [1.165, 1.54) is 11.8 Å². The topological polar surface area (TPSA) is 72.7 Å². The number of pyridine rings is 1. The van der Waals surface area contributed by atoms with Crippen molar-refractivity contribution in [2.45, 2.75) is 23.9 Å². The number of carbonyl (C=O) groups excluding carboxylic acids is 1. The minimum Gasteiger partial charge on any atom is -0.352 e. The van der Waals surface area contributed by atoms with Gasteiger partial charge < -0.3 is 5.32 Å². The van der Waals surface area contributed by atoms with Crippen LogP contribution in [0.4, 0.5) is 0 Å². The fourth-order valence-corrected chi connectivity index (χ4v) is 2.79. The predicted octanol–water partition coefficient (Wildman–Crippen LogP) is 2.31. The minimum absolute atomic E-state index is 0.0639. The normalized spacial score (nSPS) is 11.7. The van der Waals surface area contributed by atoms with Crippen LogP contribution >= 0.6 is 11.8 Å². The maximum absolute atomic E-state index is 12.0. The molecule has 0 saturated carbocycles. The van der Waals surface area contributed by atoms with Crippen LogP contribution in [0.1, 0.15) is 6.92 Å². The van der Waals surface area contributed by atoms with Crippen molar-refractivity contribution in [1.29, 1.82) is 0 Å². The molecule has 0 spiro atoms. The first-order valence-corrected chi connectivity index (χ1v) is 8.05. The van der Waals surface area contributed by atoms with Crippen LogP contribution < -0.4 is 5.32 Å². The molecule has 0 aliphatic carbocycles. The number of amides is 1. The van der Waals surface area contributed by atoms with Gasteiger partial charge in [0.25, 0.3) is 0 Å². The molecule has 1 N–H and O–H groups in total. The van der Waals surface area contributed by atoms with Crippen molar-refractivity contribution in [1.82, 2.24) is 25.1 Å². The molecule has 0 aliphatic heterocycles. The number of thioether (sulfide) groups is 1. The highest BCUT2D eigenvalue weighted by molar-refractivity contribution is 8.00. The molecular formula is C16H19N5OS. The highest BCUT2D eigenvalue weighted by Gasteiger charge is 2.20. The Morgan fingerprint density at radius 2 is 2.26 bits per heavy atom. The summed E-state index contributed by atoms with van der Waals surface area (Å²) in [5.74, 6) is 0.644. The Labute approximate surface area is 139 Å². The number of rotatable bonds is 8. The number of allylic oxidation sites excluding steroid dienone is 1. The summed E-state index contributed by atoms with van der Waals surface area (Å²) >= 11 is 1.36. The van der Waals surface area contributed by atoms with Crippen molar-refractivity contribution in [2.75, 3.05) is 6.54 Å². The third-order valence-electron chi connectivity index (χ3n) is 3.02. The lowest BCUT2D eigenvalue weighted by Gasteiger charge is -2.12. The first kappa shape index (κ1) is 17.0. The van der Waals surface area contributed by atoms with Crippen LogP contribution in [0.3, 0.4) is 0 Å². The molecule has 2 rings (SSSR count). The lowest BCUT2D eigenvalue weighted by molar-refractivity contribution is -0.120. The summed E-state index contributed by atoms with van der Waals surface area (Å²) in [6, 6.07) is 3.77. The van der Waals surface area contributed by atoms with Gasteiger partial charge >= 0.3 is 0 Å². The van der Waals surface area contributed by atoms with Crippen molar-refractivity contribution < 1.29 is 4.79 Å². The molecule has 0 fully saturated rings. The van der Waals surface area contributed by atoms with Crippen LogP contribution in [0, 0.1) is 0 Å². The van der Waals surface area contributed by atoms with Crippen molar-refractivity contribution in [2.24, 2.45) is 0 Å². The van der Waals surface area contributed by atoms with Crippen LogP contribution in [0.5, 0.6) is 0 Å². The molecule has 0 aromatic carbocycles. The number of nitrogens with one attached hydrogen (secondary N) is 1. The molecule has 2 aromatic heterocycles. The van der Waals surface area contributed by atoms with Gasteiger partial charge in [0.2, 0.25) is 5.91 Å². The van der Waals surface area contributed by atoms with E-state index in [0.29, 0.717) is 24.1 Å². The molecule has 23 heavy (non-hydrogen) atoms. The maximum atomic E-state index is 12.0. The fourth-order valence-electron chi connectivity index (χ4n) is 1.91. The fraction of sp³-hybridized carbons (Fsp3) is 0.250. The molecule has 0 radical (unpaired) electrons. The van der Waals surface area contributed by atoms with Crippen molar-refractivity contribution in [3.8, 4) is 11.4 Å². The zero-order chi connectivity index (χ0) is 16.7. The Kier molecular flexibility index (Phi) is 6.10. The Morgan fingerprint density at radius 1 is 1.43 bits per heavy atom. The summed E-state index contributed by atoms with van der Waals surface area (Å²) in [5, 5.41) is 11.6. The molecule has 2 aromatic rings. The molecule has 2 heterocycles. The van der Waals surface area contributed by atoms with E-state index in [4.69, 9.17) is 0 Å². The summed E-state index contributed by atoms with van der Waals surface area (Å²) in [6.07, 6.45) is 6.86. The van der Waals surface area contributed by atoms with E-state index >= 15 is 0 Å². The van der Waals surface area contributed by atoms with Crippen LogP contribution in [0.2, 0.25) is 0 Å². The molecule has 0 unspecified atom stereocenters. The number of carbonyl (C=O) groups is 1. The molecular weight excluding hydrogens is 310 g/mol. The molecule has 1 atom stereocenters. The van der Waals surface area contributed by atoms with Gasteiger partial charge in [0.05, 0.1) is 5.25 Å². The van der Waals surface area contributed by atoms with E-state index in [2.05, 4.69) is 33.7 Å². The van der Waals surface area contributed by atoms with Crippen LogP contribution in [0.25, 0.3) is 11.4 Å². The average molecular weight is 329 g/mol. The van der Waals surface area contributed by atoms with E-state index in [0.717, 1.165) is 5.56 Å². The van der Waals surface area contributed by atoms with E-state index in [1.54, 1.807) is 24.5 Å². The highest BCUT2D eigenvalue weighted by Crippen LogP contribution is 2.26. The van der Waals surface area contributed by atoms with Gasteiger partial charge in [-0.25, -0.2) is 0 Å². The molecule has 0 saturated heterocycles. The maximum Gasteiger partial charge on any atom is 0.233 e. The van der Waals surface area contributed by atoms with Gasteiger partial charge in [-0.3, -0.25) is 14.3 Å². The third-order valence-corrected chi connectivity index (χ3v) is 4.10. The van der Waals surface area contributed by atoms with Gasteiger partial charge in [-0.05, 0) is 19.1 Å². The molecule has 120 valence electrons. The van der Waals surface area contributed by atoms with Crippen molar-refractivity contribution in [3.63, 3.8) is 0 Å². The molecule has 1 amide bonds. The van der Waals surface area contributed by atoms with Gasteiger partial charge in [0, 0.05) is 31.0 Å². The molecule has 0 bridgehead atoms. The molecule has 6 nitrogen and oxygen atoms in total. The Hall–Kier alpha value is -2.41. The van der Waals surface area contributed by atoms with E-state index < -0.39 is 0 Å². The zero-order valence-corrected chi connectivity index (χ0v) is 13.8. The molecule has 7 heteroatoms. The predicted molar refractivity (Wildman–Crippen MR) is 92.0 cm³/mol. The number of hydrogen-bond donors (Lipinski definition) is 1. The first-order valence-electron chi connectivity index (χ1n) is 7.17. The summed E-state index contributed by atoms with van der Waals surface area (Å²) in [7, 11) is 0. The highest BCUT2D eigenvalue weighted by atomic mass is 32.2. The monoisotopic (exact) mass is 329 g/mol. The van der Waals surface area contributed by atoms with Crippen LogP contribution in [-0.2, 0) is 11.3 Å². The number of nitrogens with zero attached hydrogens (tertiary/aromatic N) is 4. The Morgan fingerprint density at radius 3 is 2.91 bits per heavy atom. The lowest BCUT2D eigenvalue weighted by Crippen LogP contribution is -2.31. The SMILES string of the molecule is C=CCNC(=O)[C@@H](C)Sc1nnc(-c2cccnc2)n1CC=C. The van der Waals surface area contributed by atoms with Gasteiger partial charge in [0.15, 0.2) is 11.0 Å². The van der Waals surface area contributed by atoms with Gasteiger partial charge in [-0.1, -0.05) is 23.9 Å². The van der Waals surface area contributed by atoms with E-state index in [9.17, 15) is 4.79 Å². The van der Waals surface area contributed by atoms with Crippen molar-refractivity contribution >= 4 is 17.7 Å². The van der Waals surface area contributed by atoms with Gasteiger partial charge in [-0.2, -0.15) is 0 Å². The zero-order valence-electron chi connectivity index (χ0n) is 13.0. The number of hydrogen-bond acceptors (Lipinski definition) is 5. The Bertz CT molecular complexity index is 683. The standard InChI is InChI=1S/C16H19N5OS/c1-4-8-18-15(22)12(3)23-16-20-19-14(21(16)10-5-2)13-7-6-9-17-11-13/h4-7,9,11-12H,1-2,8,10H2,3H3,(H,18,22)/t12-/m1/s1. The smallest absolute Gasteiger partial charge is 0.233 e. The van der Waals surface area contributed by atoms with Crippen molar-refractivity contribution in [3.05, 3.63) is 49.8 Å². The second kappa shape index (κ2) is 8.28. The van der Waals surface area contributed by atoms with E-state index in [1.807, 2.05) is 23.6 Å². The largest absolute Gasteiger partial charge is 0.352 e. The number of aromatic nitrogens is 4.